The second-order valence-electron chi connectivity index (χ2n) is 6.28. The van der Waals surface area contributed by atoms with Crippen LogP contribution in [0.1, 0.15) is 10.4 Å². The molecule has 0 unspecified atom stereocenters. The van der Waals surface area contributed by atoms with E-state index < -0.39 is 28.6 Å². The van der Waals surface area contributed by atoms with E-state index in [2.05, 4.69) is 15.3 Å². The molecular formula is C18H15F2N5O3. The number of rotatable bonds is 3. The summed E-state index contributed by atoms with van der Waals surface area (Å²) in [6.45, 7) is 2.30. The van der Waals surface area contributed by atoms with Gasteiger partial charge in [0.1, 0.15) is 5.56 Å². The summed E-state index contributed by atoms with van der Waals surface area (Å²) >= 11 is 0. The van der Waals surface area contributed by atoms with Crippen molar-refractivity contribution < 1.29 is 18.7 Å². The predicted octanol–water partition coefficient (Wildman–Crippen LogP) is 1.17. The van der Waals surface area contributed by atoms with Crippen molar-refractivity contribution in [1.29, 1.82) is 0 Å². The number of carboxylic acid groups (broad SMARTS) is 1. The highest BCUT2D eigenvalue weighted by molar-refractivity contribution is 5.92. The molecule has 1 aliphatic heterocycles. The number of fused-ring (bicyclic) bond motifs is 1. The Morgan fingerprint density at radius 1 is 1.21 bits per heavy atom. The number of nitrogens with one attached hydrogen (secondary N) is 1. The molecular weight excluding hydrogens is 372 g/mol. The van der Waals surface area contributed by atoms with E-state index in [4.69, 9.17) is 0 Å². The fourth-order valence-corrected chi connectivity index (χ4v) is 3.21. The van der Waals surface area contributed by atoms with Gasteiger partial charge in [0, 0.05) is 38.6 Å². The van der Waals surface area contributed by atoms with Crippen LogP contribution in [-0.4, -0.2) is 51.8 Å². The highest BCUT2D eigenvalue weighted by Gasteiger charge is 2.23. The number of carbonyl (C=O) groups is 1. The SMILES string of the molecule is O=C(O)c1cn(-c2ccncc2F)c2nc(N3CCNCC3)c(F)cc2c1=O. The van der Waals surface area contributed by atoms with Gasteiger partial charge in [0.2, 0.25) is 5.43 Å². The van der Waals surface area contributed by atoms with E-state index in [0.29, 0.717) is 26.2 Å². The van der Waals surface area contributed by atoms with Gasteiger partial charge in [0.25, 0.3) is 0 Å². The van der Waals surface area contributed by atoms with Gasteiger partial charge in [-0.1, -0.05) is 0 Å². The number of pyridine rings is 3. The predicted molar refractivity (Wildman–Crippen MR) is 97.1 cm³/mol. The second kappa shape index (κ2) is 6.97. The highest BCUT2D eigenvalue weighted by Crippen LogP contribution is 2.24. The minimum Gasteiger partial charge on any atom is -0.477 e. The minimum absolute atomic E-state index is 0.0275. The van der Waals surface area contributed by atoms with Crippen molar-refractivity contribution in [2.24, 2.45) is 0 Å². The quantitative estimate of drug-likeness (QED) is 0.696. The zero-order valence-electron chi connectivity index (χ0n) is 14.5. The van der Waals surface area contributed by atoms with E-state index in [1.165, 1.54) is 12.3 Å². The Morgan fingerprint density at radius 2 is 1.96 bits per heavy atom. The first kappa shape index (κ1) is 18.0. The van der Waals surface area contributed by atoms with Crippen molar-refractivity contribution in [2.75, 3.05) is 31.1 Å². The van der Waals surface area contributed by atoms with Gasteiger partial charge < -0.3 is 15.3 Å². The molecule has 10 heteroatoms. The van der Waals surface area contributed by atoms with E-state index >= 15 is 0 Å². The molecule has 0 aliphatic carbocycles. The van der Waals surface area contributed by atoms with Crippen LogP contribution in [0.5, 0.6) is 0 Å². The lowest BCUT2D eigenvalue weighted by Gasteiger charge is -2.29. The topological polar surface area (TPSA) is 100 Å². The lowest BCUT2D eigenvalue weighted by molar-refractivity contribution is 0.0695. The van der Waals surface area contributed by atoms with Crippen molar-refractivity contribution in [2.45, 2.75) is 0 Å². The first-order valence-corrected chi connectivity index (χ1v) is 8.52. The van der Waals surface area contributed by atoms with Gasteiger partial charge in [-0.25, -0.2) is 18.6 Å². The maximum absolute atomic E-state index is 14.7. The molecule has 8 nitrogen and oxygen atoms in total. The summed E-state index contributed by atoms with van der Waals surface area (Å²) in [5.41, 5.74) is -1.57. The Bertz CT molecular complexity index is 1140. The fraction of sp³-hybridized carbons (Fsp3) is 0.222. The zero-order chi connectivity index (χ0) is 19.8. The number of aromatic carboxylic acids is 1. The molecule has 0 bridgehead atoms. The van der Waals surface area contributed by atoms with Crippen LogP contribution in [0, 0.1) is 11.6 Å². The molecule has 2 N–H and O–H groups in total. The molecule has 0 spiro atoms. The molecule has 4 rings (SSSR count). The first-order chi connectivity index (χ1) is 13.5. The molecule has 0 aromatic carbocycles. The second-order valence-corrected chi connectivity index (χ2v) is 6.28. The average molecular weight is 387 g/mol. The van der Waals surface area contributed by atoms with Crippen molar-refractivity contribution in [3.63, 3.8) is 0 Å². The van der Waals surface area contributed by atoms with Gasteiger partial charge in [0.15, 0.2) is 23.1 Å². The van der Waals surface area contributed by atoms with E-state index in [1.807, 2.05) is 0 Å². The summed E-state index contributed by atoms with van der Waals surface area (Å²) < 4.78 is 30.2. The van der Waals surface area contributed by atoms with Crippen LogP contribution in [0.25, 0.3) is 16.7 Å². The van der Waals surface area contributed by atoms with Crippen molar-refractivity contribution in [3.8, 4) is 5.69 Å². The molecule has 1 fully saturated rings. The molecule has 144 valence electrons. The van der Waals surface area contributed by atoms with Crippen LogP contribution in [-0.2, 0) is 0 Å². The van der Waals surface area contributed by atoms with Gasteiger partial charge in [-0.15, -0.1) is 0 Å². The van der Waals surface area contributed by atoms with Crippen LogP contribution < -0.4 is 15.6 Å². The summed E-state index contributed by atoms with van der Waals surface area (Å²) in [7, 11) is 0. The Balaban J connectivity index is 2.05. The smallest absolute Gasteiger partial charge is 0.341 e. The molecule has 3 aromatic heterocycles. The number of nitrogens with zero attached hydrogens (tertiary/aromatic N) is 4. The number of hydrogen-bond acceptors (Lipinski definition) is 6. The Kier molecular flexibility index (Phi) is 4.47. The van der Waals surface area contributed by atoms with Crippen LogP contribution >= 0.6 is 0 Å². The summed E-state index contributed by atoms with van der Waals surface area (Å²) in [6.07, 6.45) is 3.28. The molecule has 1 aliphatic rings. The van der Waals surface area contributed by atoms with Crippen molar-refractivity contribution in [1.82, 2.24) is 19.9 Å². The van der Waals surface area contributed by atoms with Gasteiger partial charge in [-0.3, -0.25) is 14.3 Å². The van der Waals surface area contributed by atoms with Crippen molar-refractivity contribution >= 4 is 22.8 Å². The average Bonchev–Trinajstić information content (AvgIpc) is 2.69. The Morgan fingerprint density at radius 3 is 2.64 bits per heavy atom. The molecule has 4 heterocycles. The molecule has 0 atom stereocenters. The number of aromatic nitrogens is 3. The third kappa shape index (κ3) is 2.97. The Labute approximate surface area is 157 Å². The van der Waals surface area contributed by atoms with Crippen LogP contribution in [0.15, 0.2) is 35.5 Å². The molecule has 3 aromatic rings. The van der Waals surface area contributed by atoms with E-state index in [9.17, 15) is 23.5 Å². The molecule has 0 amide bonds. The van der Waals surface area contributed by atoms with Gasteiger partial charge in [-0.05, 0) is 12.1 Å². The number of halogens is 2. The Hall–Kier alpha value is -3.40. The largest absolute Gasteiger partial charge is 0.477 e. The number of hydrogen-bond donors (Lipinski definition) is 2. The molecule has 0 radical (unpaired) electrons. The first-order valence-electron chi connectivity index (χ1n) is 8.52. The standard InChI is InChI=1S/C18H15F2N5O3/c19-12-7-10-15(26)11(18(27)28)9-25(14-1-2-22-8-13(14)20)16(10)23-17(12)24-5-3-21-4-6-24/h1-2,7-9,21H,3-6H2,(H,27,28). The zero-order valence-corrected chi connectivity index (χ0v) is 14.5. The maximum atomic E-state index is 14.7. The molecule has 28 heavy (non-hydrogen) atoms. The molecule has 0 saturated carbocycles. The number of carboxylic acids is 1. The number of anilines is 1. The van der Waals surface area contributed by atoms with E-state index in [-0.39, 0.29) is 22.5 Å². The van der Waals surface area contributed by atoms with Crippen LogP contribution in [0.3, 0.4) is 0 Å². The highest BCUT2D eigenvalue weighted by atomic mass is 19.1. The lowest BCUT2D eigenvalue weighted by atomic mass is 10.1. The third-order valence-electron chi connectivity index (χ3n) is 4.57. The summed E-state index contributed by atoms with van der Waals surface area (Å²) in [5.74, 6) is -2.95. The van der Waals surface area contributed by atoms with Crippen LogP contribution in [0.4, 0.5) is 14.6 Å². The lowest BCUT2D eigenvalue weighted by Crippen LogP contribution is -2.44. The van der Waals surface area contributed by atoms with E-state index in [0.717, 1.165) is 23.0 Å². The summed E-state index contributed by atoms with van der Waals surface area (Å²) in [6, 6.07) is 2.28. The van der Waals surface area contributed by atoms with Gasteiger partial charge in [-0.2, -0.15) is 0 Å². The number of piperazine rings is 1. The molecule has 1 saturated heterocycles. The van der Waals surface area contributed by atoms with Crippen molar-refractivity contribution in [3.05, 3.63) is 58.1 Å². The monoisotopic (exact) mass is 387 g/mol. The van der Waals surface area contributed by atoms with Crippen LogP contribution in [0.2, 0.25) is 0 Å². The normalized spacial score (nSPS) is 14.4. The van der Waals surface area contributed by atoms with Gasteiger partial charge >= 0.3 is 5.97 Å². The van der Waals surface area contributed by atoms with E-state index in [1.54, 1.807) is 4.90 Å². The maximum Gasteiger partial charge on any atom is 0.341 e. The summed E-state index contributed by atoms with van der Waals surface area (Å²) in [4.78, 5) is 33.7. The third-order valence-corrected chi connectivity index (χ3v) is 4.57. The minimum atomic E-state index is -1.50. The summed E-state index contributed by atoms with van der Waals surface area (Å²) in [5, 5.41) is 12.2. The van der Waals surface area contributed by atoms with Gasteiger partial charge in [0.05, 0.1) is 17.3 Å². The fourth-order valence-electron chi connectivity index (χ4n) is 3.21.